The lowest BCUT2D eigenvalue weighted by Crippen LogP contribution is -2.27. The molecule has 0 aliphatic heterocycles. The van der Waals surface area contributed by atoms with E-state index in [0.717, 1.165) is 16.9 Å². The fourth-order valence-corrected chi connectivity index (χ4v) is 4.32. The Hall–Kier alpha value is -2.19. The third kappa shape index (κ3) is 3.07. The molecule has 7 nitrogen and oxygen atoms in total. The summed E-state index contributed by atoms with van der Waals surface area (Å²) < 4.78 is 29.5. The molecular weight excluding hydrogens is 326 g/mol. The second kappa shape index (κ2) is 6.37. The SMILES string of the molecule is CCn1nc(C)c(S(=O)(=O)NCCc2nc3ccccc3[nH]2)c1C. The first kappa shape index (κ1) is 16.7. The largest absolute Gasteiger partial charge is 0.342 e. The van der Waals surface area contributed by atoms with Gasteiger partial charge in [-0.05, 0) is 32.9 Å². The van der Waals surface area contributed by atoms with Crippen molar-refractivity contribution < 1.29 is 8.42 Å². The summed E-state index contributed by atoms with van der Waals surface area (Å²) in [4.78, 5) is 7.92. The van der Waals surface area contributed by atoms with E-state index in [-0.39, 0.29) is 11.4 Å². The molecule has 2 N–H and O–H groups in total. The molecule has 0 bridgehead atoms. The van der Waals surface area contributed by atoms with Gasteiger partial charge in [0.25, 0.3) is 0 Å². The Kier molecular flexibility index (Phi) is 4.42. The number of aromatic amines is 1. The first-order valence-electron chi connectivity index (χ1n) is 7.89. The number of sulfonamides is 1. The number of para-hydroxylation sites is 2. The average molecular weight is 347 g/mol. The molecule has 0 fully saturated rings. The summed E-state index contributed by atoms with van der Waals surface area (Å²) in [6.07, 6.45) is 0.494. The van der Waals surface area contributed by atoms with E-state index in [1.807, 2.05) is 31.2 Å². The summed E-state index contributed by atoms with van der Waals surface area (Å²) in [6.45, 7) is 6.34. The molecule has 24 heavy (non-hydrogen) atoms. The molecule has 3 rings (SSSR count). The lowest BCUT2D eigenvalue weighted by molar-refractivity contribution is 0.578. The number of nitrogens with one attached hydrogen (secondary N) is 2. The van der Waals surface area contributed by atoms with Crippen LogP contribution in [0.1, 0.15) is 24.1 Å². The van der Waals surface area contributed by atoms with E-state index in [2.05, 4.69) is 19.8 Å². The van der Waals surface area contributed by atoms with Gasteiger partial charge in [-0.1, -0.05) is 12.1 Å². The minimum Gasteiger partial charge on any atom is -0.342 e. The van der Waals surface area contributed by atoms with E-state index >= 15 is 0 Å². The van der Waals surface area contributed by atoms with Gasteiger partial charge in [-0.15, -0.1) is 0 Å². The first-order valence-corrected chi connectivity index (χ1v) is 9.38. The maximum atomic E-state index is 12.6. The number of aromatic nitrogens is 4. The van der Waals surface area contributed by atoms with Crippen molar-refractivity contribution in [2.24, 2.45) is 0 Å². The molecule has 0 atom stereocenters. The van der Waals surface area contributed by atoms with Crippen LogP contribution in [0.2, 0.25) is 0 Å². The average Bonchev–Trinajstić information content (AvgIpc) is 3.07. The third-order valence-electron chi connectivity index (χ3n) is 3.98. The van der Waals surface area contributed by atoms with E-state index in [4.69, 9.17) is 0 Å². The zero-order valence-corrected chi connectivity index (χ0v) is 14.8. The van der Waals surface area contributed by atoms with Gasteiger partial charge in [0.15, 0.2) is 0 Å². The Labute approximate surface area is 141 Å². The van der Waals surface area contributed by atoms with E-state index in [0.29, 0.717) is 24.4 Å². The highest BCUT2D eigenvalue weighted by Gasteiger charge is 2.23. The van der Waals surface area contributed by atoms with Crippen LogP contribution in [-0.4, -0.2) is 34.7 Å². The normalized spacial score (nSPS) is 12.1. The van der Waals surface area contributed by atoms with E-state index in [1.54, 1.807) is 18.5 Å². The van der Waals surface area contributed by atoms with Gasteiger partial charge in [-0.3, -0.25) is 4.68 Å². The van der Waals surface area contributed by atoms with Crippen LogP contribution in [0.4, 0.5) is 0 Å². The number of rotatable bonds is 6. The van der Waals surface area contributed by atoms with Crippen molar-refractivity contribution >= 4 is 21.1 Å². The predicted molar refractivity (Wildman–Crippen MR) is 92.4 cm³/mol. The minimum absolute atomic E-state index is 0.272. The molecule has 0 radical (unpaired) electrons. The number of imidazole rings is 1. The summed E-state index contributed by atoms with van der Waals surface area (Å²) in [7, 11) is -3.59. The maximum Gasteiger partial charge on any atom is 0.244 e. The van der Waals surface area contributed by atoms with Crippen LogP contribution in [0.15, 0.2) is 29.2 Å². The molecule has 3 aromatic rings. The Bertz CT molecular complexity index is 939. The second-order valence-electron chi connectivity index (χ2n) is 5.66. The monoisotopic (exact) mass is 347 g/mol. The van der Waals surface area contributed by atoms with Crippen LogP contribution in [0, 0.1) is 13.8 Å². The van der Waals surface area contributed by atoms with Crippen molar-refractivity contribution in [1.82, 2.24) is 24.5 Å². The third-order valence-corrected chi connectivity index (χ3v) is 5.69. The van der Waals surface area contributed by atoms with Crippen LogP contribution in [0.3, 0.4) is 0 Å². The lowest BCUT2D eigenvalue weighted by atomic mass is 10.3. The quantitative estimate of drug-likeness (QED) is 0.712. The van der Waals surface area contributed by atoms with Gasteiger partial charge < -0.3 is 4.98 Å². The second-order valence-corrected chi connectivity index (χ2v) is 7.37. The Morgan fingerprint density at radius 1 is 1.25 bits per heavy atom. The van der Waals surface area contributed by atoms with Crippen molar-refractivity contribution in [3.8, 4) is 0 Å². The number of hydrogen-bond acceptors (Lipinski definition) is 4. The van der Waals surface area contributed by atoms with Gasteiger partial charge in [0.2, 0.25) is 10.0 Å². The Balaban J connectivity index is 1.72. The topological polar surface area (TPSA) is 92.7 Å². The highest BCUT2D eigenvalue weighted by molar-refractivity contribution is 7.89. The van der Waals surface area contributed by atoms with Gasteiger partial charge in [-0.25, -0.2) is 18.1 Å². The summed E-state index contributed by atoms with van der Waals surface area (Å²) in [6, 6.07) is 7.73. The van der Waals surface area contributed by atoms with Gasteiger partial charge in [0, 0.05) is 19.5 Å². The van der Waals surface area contributed by atoms with E-state index < -0.39 is 10.0 Å². The molecule has 0 aliphatic carbocycles. The molecule has 0 saturated heterocycles. The number of aryl methyl sites for hydroxylation is 2. The smallest absolute Gasteiger partial charge is 0.244 e. The fraction of sp³-hybridized carbons (Fsp3) is 0.375. The Morgan fingerprint density at radius 2 is 2.00 bits per heavy atom. The van der Waals surface area contributed by atoms with E-state index in [1.165, 1.54) is 0 Å². The zero-order valence-electron chi connectivity index (χ0n) is 14.0. The molecule has 1 aromatic carbocycles. The fourth-order valence-electron chi connectivity index (χ4n) is 2.88. The van der Waals surface area contributed by atoms with Gasteiger partial charge in [0.05, 0.1) is 22.4 Å². The molecule has 0 amide bonds. The molecule has 0 spiro atoms. The molecule has 0 unspecified atom stereocenters. The number of nitrogens with zero attached hydrogens (tertiary/aromatic N) is 3. The number of fused-ring (bicyclic) bond motifs is 1. The molecule has 128 valence electrons. The van der Waals surface area contributed by atoms with Crippen molar-refractivity contribution in [1.29, 1.82) is 0 Å². The minimum atomic E-state index is -3.59. The van der Waals surface area contributed by atoms with E-state index in [9.17, 15) is 8.42 Å². The van der Waals surface area contributed by atoms with Gasteiger partial charge in [-0.2, -0.15) is 5.10 Å². The number of hydrogen-bond donors (Lipinski definition) is 2. The highest BCUT2D eigenvalue weighted by atomic mass is 32.2. The van der Waals surface area contributed by atoms with Crippen molar-refractivity contribution in [3.05, 3.63) is 41.5 Å². The molecule has 8 heteroatoms. The van der Waals surface area contributed by atoms with Crippen molar-refractivity contribution in [3.63, 3.8) is 0 Å². The predicted octanol–water partition coefficient (Wildman–Crippen LogP) is 1.92. The van der Waals surface area contributed by atoms with Crippen LogP contribution < -0.4 is 4.72 Å². The lowest BCUT2D eigenvalue weighted by Gasteiger charge is -2.06. The summed E-state index contributed by atoms with van der Waals surface area (Å²) in [5.41, 5.74) is 3.01. The summed E-state index contributed by atoms with van der Waals surface area (Å²) >= 11 is 0. The summed E-state index contributed by atoms with van der Waals surface area (Å²) in [5.74, 6) is 0.761. The van der Waals surface area contributed by atoms with Crippen LogP contribution in [0.5, 0.6) is 0 Å². The van der Waals surface area contributed by atoms with Crippen molar-refractivity contribution in [2.75, 3.05) is 6.54 Å². The van der Waals surface area contributed by atoms with Gasteiger partial charge >= 0.3 is 0 Å². The van der Waals surface area contributed by atoms with Gasteiger partial charge in [0.1, 0.15) is 10.7 Å². The molecule has 2 heterocycles. The molecule has 0 aliphatic rings. The van der Waals surface area contributed by atoms with Crippen molar-refractivity contribution in [2.45, 2.75) is 38.6 Å². The molecular formula is C16H21N5O2S. The zero-order chi connectivity index (χ0) is 17.3. The first-order chi connectivity index (χ1) is 11.4. The summed E-state index contributed by atoms with van der Waals surface area (Å²) in [5, 5.41) is 4.27. The highest BCUT2D eigenvalue weighted by Crippen LogP contribution is 2.19. The number of H-pyrrole nitrogens is 1. The van der Waals surface area contributed by atoms with Crippen LogP contribution in [0.25, 0.3) is 11.0 Å². The Morgan fingerprint density at radius 3 is 2.67 bits per heavy atom. The maximum absolute atomic E-state index is 12.6. The van der Waals surface area contributed by atoms with Crippen LogP contribution in [-0.2, 0) is 23.0 Å². The molecule has 0 saturated carbocycles. The standard InChI is InChI=1S/C16H21N5O2S/c1-4-21-12(3)16(11(2)20-21)24(22,23)17-10-9-15-18-13-7-5-6-8-14(13)19-15/h5-8,17H,4,9-10H2,1-3H3,(H,18,19). The molecule has 2 aromatic heterocycles. The van der Waals surface area contributed by atoms with Crippen LogP contribution >= 0.6 is 0 Å². The number of benzene rings is 1.